The molecule has 0 bridgehead atoms. The van der Waals surface area contributed by atoms with Crippen molar-refractivity contribution in [1.82, 2.24) is 0 Å². The van der Waals surface area contributed by atoms with E-state index in [4.69, 9.17) is 0 Å². The van der Waals surface area contributed by atoms with Crippen LogP contribution in [0.25, 0.3) is 30.3 Å². The van der Waals surface area contributed by atoms with E-state index >= 15 is 0 Å². The van der Waals surface area contributed by atoms with E-state index in [9.17, 15) is 0 Å². The Labute approximate surface area is 209 Å². The minimum atomic E-state index is 1.35. The first-order chi connectivity index (χ1) is 15.8. The molecule has 0 saturated carbocycles. The van der Waals surface area contributed by atoms with Crippen molar-refractivity contribution in [3.05, 3.63) is 104 Å². The van der Waals surface area contributed by atoms with Crippen molar-refractivity contribution >= 4 is 64.3 Å². The van der Waals surface area contributed by atoms with Gasteiger partial charge in [-0.1, -0.05) is 48.0 Å². The summed E-state index contributed by atoms with van der Waals surface area (Å²) >= 11 is 5.57. The van der Waals surface area contributed by atoms with Gasteiger partial charge in [0, 0.05) is 23.9 Å². The molecule has 0 N–H and O–H groups in total. The topological polar surface area (TPSA) is 0 Å². The van der Waals surface area contributed by atoms with Gasteiger partial charge in [-0.05, 0) is 104 Å². The number of benzene rings is 3. The van der Waals surface area contributed by atoms with Crippen molar-refractivity contribution in [2.45, 2.75) is 41.5 Å². The fourth-order valence-electron chi connectivity index (χ4n) is 3.94. The second kappa shape index (κ2) is 10.2. The molecular formula is C30H30S3. The number of hydrogen-bond acceptors (Lipinski definition) is 3. The fourth-order valence-corrected chi connectivity index (χ4v) is 6.85. The number of aryl methyl sites for hydroxylation is 6. The lowest BCUT2D eigenvalue weighted by atomic mass is 10.1. The maximum Gasteiger partial charge on any atom is 0.0374 e. The second-order valence-electron chi connectivity index (χ2n) is 8.61. The molecule has 0 nitrogen and oxygen atoms in total. The number of thiophene rings is 3. The Morgan fingerprint density at radius 3 is 2.00 bits per heavy atom. The van der Waals surface area contributed by atoms with Crippen molar-refractivity contribution < 1.29 is 0 Å². The molecule has 33 heavy (non-hydrogen) atoms. The van der Waals surface area contributed by atoms with E-state index in [1.807, 2.05) is 34.0 Å². The molecule has 3 aromatic heterocycles. The van der Waals surface area contributed by atoms with Crippen molar-refractivity contribution in [3.8, 4) is 0 Å². The fraction of sp³-hybridized carbons (Fsp3) is 0.200. The van der Waals surface area contributed by atoms with Crippen molar-refractivity contribution in [2.24, 2.45) is 0 Å². The van der Waals surface area contributed by atoms with Gasteiger partial charge >= 0.3 is 0 Å². The first kappa shape index (κ1) is 23.7. The summed E-state index contributed by atoms with van der Waals surface area (Å²) < 4.78 is 4.24. The first-order valence-corrected chi connectivity index (χ1v) is 13.7. The molecule has 0 saturated heterocycles. The summed E-state index contributed by atoms with van der Waals surface area (Å²) in [4.78, 5) is 2.80. The van der Waals surface area contributed by atoms with Crippen molar-refractivity contribution in [2.75, 3.05) is 0 Å². The SMILES string of the molecule is Cc1cc2c(C)cccc2s1.Cc1cc2cccc(C)c2s1.Cc1ccc2scc(C)c2c1. The van der Waals surface area contributed by atoms with Gasteiger partial charge in [0.25, 0.3) is 0 Å². The summed E-state index contributed by atoms with van der Waals surface area (Å²) in [6, 6.07) is 24.0. The monoisotopic (exact) mass is 486 g/mol. The molecule has 0 spiro atoms. The minimum Gasteiger partial charge on any atom is -0.144 e. The van der Waals surface area contributed by atoms with Crippen LogP contribution in [0, 0.1) is 41.5 Å². The summed E-state index contributed by atoms with van der Waals surface area (Å²) in [5.74, 6) is 0. The maximum absolute atomic E-state index is 2.26. The van der Waals surface area contributed by atoms with E-state index in [1.165, 1.54) is 62.3 Å². The smallest absolute Gasteiger partial charge is 0.0374 e. The minimum absolute atomic E-state index is 1.35. The molecule has 3 heteroatoms. The molecule has 6 rings (SSSR count). The summed E-state index contributed by atoms with van der Waals surface area (Å²) in [5, 5.41) is 6.42. The Kier molecular flexibility index (Phi) is 7.33. The molecular weight excluding hydrogens is 457 g/mol. The summed E-state index contributed by atoms with van der Waals surface area (Å²) in [7, 11) is 0. The average molecular weight is 487 g/mol. The van der Waals surface area contributed by atoms with Gasteiger partial charge in [0.1, 0.15) is 0 Å². The van der Waals surface area contributed by atoms with Crippen LogP contribution in [0.5, 0.6) is 0 Å². The van der Waals surface area contributed by atoms with Gasteiger partial charge in [-0.3, -0.25) is 0 Å². The molecule has 0 atom stereocenters. The van der Waals surface area contributed by atoms with Gasteiger partial charge < -0.3 is 0 Å². The Bertz CT molecular complexity index is 1450. The quantitative estimate of drug-likeness (QED) is 0.200. The van der Waals surface area contributed by atoms with Crippen LogP contribution in [-0.4, -0.2) is 0 Å². The van der Waals surface area contributed by atoms with Gasteiger partial charge in [-0.25, -0.2) is 0 Å². The average Bonchev–Trinajstić information content (AvgIpc) is 3.46. The third kappa shape index (κ3) is 5.55. The molecule has 0 unspecified atom stereocenters. The van der Waals surface area contributed by atoms with Gasteiger partial charge in [0.15, 0.2) is 0 Å². The van der Waals surface area contributed by atoms with E-state index in [0.717, 1.165) is 0 Å². The van der Waals surface area contributed by atoms with Crippen LogP contribution in [0.15, 0.2) is 72.1 Å². The third-order valence-corrected chi connectivity index (χ3v) is 8.99. The Hall–Kier alpha value is -2.46. The summed E-state index contributed by atoms with van der Waals surface area (Å²) in [6.07, 6.45) is 0. The molecule has 0 fully saturated rings. The summed E-state index contributed by atoms with van der Waals surface area (Å²) in [5.41, 5.74) is 5.51. The zero-order chi connectivity index (χ0) is 23.5. The predicted octanol–water partition coefficient (Wildman–Crippen LogP) is 10.6. The number of rotatable bonds is 0. The Morgan fingerprint density at radius 2 is 1.24 bits per heavy atom. The lowest BCUT2D eigenvalue weighted by Crippen LogP contribution is -1.70. The lowest BCUT2D eigenvalue weighted by Gasteiger charge is -1.92. The van der Waals surface area contributed by atoms with Gasteiger partial charge in [0.05, 0.1) is 0 Å². The normalized spacial score (nSPS) is 10.7. The second-order valence-corrected chi connectivity index (χ2v) is 12.1. The highest BCUT2D eigenvalue weighted by Gasteiger charge is 2.00. The highest BCUT2D eigenvalue weighted by Crippen LogP contribution is 2.28. The van der Waals surface area contributed by atoms with E-state index in [-0.39, 0.29) is 0 Å². The van der Waals surface area contributed by atoms with Gasteiger partial charge in [0.2, 0.25) is 0 Å². The lowest BCUT2D eigenvalue weighted by molar-refractivity contribution is 1.50. The predicted molar refractivity (Wildman–Crippen MR) is 154 cm³/mol. The van der Waals surface area contributed by atoms with Crippen LogP contribution in [0.4, 0.5) is 0 Å². The zero-order valence-electron chi connectivity index (χ0n) is 20.2. The van der Waals surface area contributed by atoms with Gasteiger partial charge in [-0.15, -0.1) is 34.0 Å². The highest BCUT2D eigenvalue weighted by molar-refractivity contribution is 7.19. The zero-order valence-corrected chi connectivity index (χ0v) is 22.6. The Balaban J connectivity index is 0.000000118. The van der Waals surface area contributed by atoms with E-state index < -0.39 is 0 Å². The molecule has 6 aromatic rings. The van der Waals surface area contributed by atoms with Crippen LogP contribution >= 0.6 is 34.0 Å². The molecule has 0 radical (unpaired) electrons. The van der Waals surface area contributed by atoms with Crippen LogP contribution < -0.4 is 0 Å². The largest absolute Gasteiger partial charge is 0.144 e. The molecule has 0 aliphatic heterocycles. The highest BCUT2D eigenvalue weighted by atomic mass is 32.1. The number of fused-ring (bicyclic) bond motifs is 3. The van der Waals surface area contributed by atoms with E-state index in [2.05, 4.69) is 114 Å². The molecule has 3 aromatic carbocycles. The van der Waals surface area contributed by atoms with E-state index in [0.29, 0.717) is 0 Å². The Morgan fingerprint density at radius 1 is 0.545 bits per heavy atom. The molecule has 0 amide bonds. The van der Waals surface area contributed by atoms with Crippen molar-refractivity contribution in [3.63, 3.8) is 0 Å². The van der Waals surface area contributed by atoms with E-state index in [1.54, 1.807) is 0 Å². The van der Waals surface area contributed by atoms with Crippen LogP contribution in [-0.2, 0) is 0 Å². The first-order valence-electron chi connectivity index (χ1n) is 11.2. The molecule has 168 valence electrons. The van der Waals surface area contributed by atoms with Crippen molar-refractivity contribution in [1.29, 1.82) is 0 Å². The van der Waals surface area contributed by atoms with Crippen LogP contribution in [0.1, 0.15) is 32.0 Å². The maximum atomic E-state index is 2.26. The summed E-state index contributed by atoms with van der Waals surface area (Å²) in [6.45, 7) is 12.9. The van der Waals surface area contributed by atoms with Gasteiger partial charge in [-0.2, -0.15) is 0 Å². The molecule has 3 heterocycles. The molecule has 0 aliphatic carbocycles. The standard InChI is InChI=1S/3C10H10S/c1-7-3-4-10-9(5-7)8(2)6-11-10;1-7-4-3-5-10-9(7)6-8(2)11-10;1-7-4-3-5-9-6-8(2)11-10(7)9/h3*3-6H,1-2H3. The number of hydrogen-bond donors (Lipinski definition) is 0. The third-order valence-electron chi connectivity index (χ3n) is 5.69. The van der Waals surface area contributed by atoms with Crippen LogP contribution in [0.3, 0.4) is 0 Å². The molecule has 0 aliphatic rings. The van der Waals surface area contributed by atoms with Crippen LogP contribution in [0.2, 0.25) is 0 Å².